The highest BCUT2D eigenvalue weighted by Crippen LogP contribution is 2.44. The number of aliphatic carboxylic acids is 1. The van der Waals surface area contributed by atoms with E-state index in [1.807, 2.05) is 50.2 Å². The molecule has 3 atom stereocenters. The Morgan fingerprint density at radius 3 is 2.03 bits per heavy atom. The van der Waals surface area contributed by atoms with E-state index in [1.165, 1.54) is 7.11 Å². The number of hydrogen-bond donors (Lipinski definition) is 3. The number of rotatable bonds is 10. The Labute approximate surface area is 199 Å². The fourth-order valence-electron chi connectivity index (χ4n) is 4.25. The number of carboxylic acids is 1. The first-order valence-electron chi connectivity index (χ1n) is 11.4. The van der Waals surface area contributed by atoms with E-state index in [0.29, 0.717) is 0 Å². The fourth-order valence-corrected chi connectivity index (χ4v) is 4.25. The number of carbonyl (C=O) groups is 3. The second-order valence-electron chi connectivity index (χ2n) is 8.82. The van der Waals surface area contributed by atoms with Gasteiger partial charge in [-0.2, -0.15) is 0 Å². The molecule has 0 radical (unpaired) electrons. The Hall–Kier alpha value is -3.39. The van der Waals surface area contributed by atoms with Crippen LogP contribution in [0.5, 0.6) is 0 Å². The van der Waals surface area contributed by atoms with Gasteiger partial charge in [0.25, 0.3) is 0 Å². The summed E-state index contributed by atoms with van der Waals surface area (Å²) in [6.07, 6.45) is -1.33. The van der Waals surface area contributed by atoms with Crippen LogP contribution in [-0.2, 0) is 19.1 Å². The van der Waals surface area contributed by atoms with Gasteiger partial charge in [0.05, 0.1) is 12.0 Å². The first-order chi connectivity index (χ1) is 16.2. The zero-order valence-corrected chi connectivity index (χ0v) is 19.9. The van der Waals surface area contributed by atoms with Gasteiger partial charge in [0.15, 0.2) is 6.04 Å². The topological polar surface area (TPSA) is 114 Å². The molecular weight excluding hydrogens is 436 g/mol. The van der Waals surface area contributed by atoms with Crippen molar-refractivity contribution < 1.29 is 29.0 Å². The van der Waals surface area contributed by atoms with Crippen molar-refractivity contribution in [2.45, 2.75) is 38.8 Å². The zero-order valence-electron chi connectivity index (χ0n) is 19.9. The van der Waals surface area contributed by atoms with Crippen LogP contribution in [0.3, 0.4) is 0 Å². The molecule has 2 amide bonds. The molecule has 0 heterocycles. The van der Waals surface area contributed by atoms with Crippen molar-refractivity contribution in [3.8, 4) is 11.1 Å². The Bertz CT molecular complexity index is 992. The highest BCUT2D eigenvalue weighted by molar-refractivity contribution is 5.86. The third-order valence-corrected chi connectivity index (χ3v) is 6.36. The van der Waals surface area contributed by atoms with E-state index >= 15 is 0 Å². The van der Waals surface area contributed by atoms with Gasteiger partial charge in [-0.05, 0) is 35.1 Å². The van der Waals surface area contributed by atoms with E-state index in [1.54, 1.807) is 6.92 Å². The Balaban J connectivity index is 1.59. The molecule has 34 heavy (non-hydrogen) atoms. The molecule has 8 nitrogen and oxygen atoms in total. The van der Waals surface area contributed by atoms with Gasteiger partial charge in [-0.25, -0.2) is 9.59 Å². The summed E-state index contributed by atoms with van der Waals surface area (Å²) < 4.78 is 10.6. The lowest BCUT2D eigenvalue weighted by Gasteiger charge is -2.25. The van der Waals surface area contributed by atoms with E-state index in [0.717, 1.165) is 22.3 Å². The van der Waals surface area contributed by atoms with Crippen LogP contribution in [0.15, 0.2) is 48.5 Å². The fraction of sp³-hybridized carbons (Fsp3) is 0.423. The number of amides is 2. The molecule has 3 N–H and O–H groups in total. The van der Waals surface area contributed by atoms with Crippen molar-refractivity contribution in [2.75, 3.05) is 20.3 Å². The number of fused-ring (bicyclic) bond motifs is 3. The second kappa shape index (κ2) is 11.2. The van der Waals surface area contributed by atoms with Gasteiger partial charge in [0.1, 0.15) is 6.61 Å². The number of benzene rings is 2. The summed E-state index contributed by atoms with van der Waals surface area (Å²) in [7, 11) is 1.38. The Morgan fingerprint density at radius 1 is 0.971 bits per heavy atom. The van der Waals surface area contributed by atoms with Gasteiger partial charge in [-0.1, -0.05) is 62.4 Å². The molecule has 1 aliphatic rings. The molecule has 2 aromatic rings. The smallest absolute Gasteiger partial charge is 0.407 e. The van der Waals surface area contributed by atoms with E-state index in [2.05, 4.69) is 22.8 Å². The van der Waals surface area contributed by atoms with Crippen molar-refractivity contribution in [3.63, 3.8) is 0 Å². The third-order valence-electron chi connectivity index (χ3n) is 6.36. The molecule has 2 aromatic carbocycles. The molecule has 0 aromatic heterocycles. The monoisotopic (exact) mass is 468 g/mol. The van der Waals surface area contributed by atoms with Crippen molar-refractivity contribution in [2.24, 2.45) is 11.8 Å². The van der Waals surface area contributed by atoms with Crippen molar-refractivity contribution in [1.29, 1.82) is 0 Å². The first kappa shape index (κ1) is 25.2. The van der Waals surface area contributed by atoms with Gasteiger partial charge in [-0.3, -0.25) is 4.79 Å². The summed E-state index contributed by atoms with van der Waals surface area (Å²) in [5.74, 6) is -2.48. The predicted molar refractivity (Wildman–Crippen MR) is 127 cm³/mol. The van der Waals surface area contributed by atoms with Crippen LogP contribution in [-0.4, -0.2) is 55.5 Å². The predicted octanol–water partition coefficient (Wildman–Crippen LogP) is 3.40. The summed E-state index contributed by atoms with van der Waals surface area (Å²) in [6.45, 7) is 5.43. The number of hydrogen-bond acceptors (Lipinski definition) is 5. The lowest BCUT2D eigenvalue weighted by molar-refractivity contribution is -0.146. The van der Waals surface area contributed by atoms with Gasteiger partial charge in [0, 0.05) is 19.6 Å². The van der Waals surface area contributed by atoms with Crippen molar-refractivity contribution in [1.82, 2.24) is 10.6 Å². The minimum atomic E-state index is -1.19. The number of alkyl carbamates (subject to hydrolysis) is 1. The molecule has 0 aliphatic heterocycles. The number of carboxylic acid groups (broad SMARTS) is 1. The van der Waals surface area contributed by atoms with Crippen molar-refractivity contribution in [3.05, 3.63) is 59.7 Å². The molecule has 3 rings (SSSR count). The largest absolute Gasteiger partial charge is 0.480 e. The number of ether oxygens (including phenoxy) is 2. The molecular formula is C26H32N2O6. The number of nitrogens with one attached hydrogen (secondary N) is 2. The zero-order chi connectivity index (χ0) is 24.8. The van der Waals surface area contributed by atoms with Gasteiger partial charge in [-0.15, -0.1) is 0 Å². The lowest BCUT2D eigenvalue weighted by Crippen LogP contribution is -2.52. The molecule has 0 fully saturated rings. The molecule has 0 saturated carbocycles. The maximum Gasteiger partial charge on any atom is 0.407 e. The summed E-state index contributed by atoms with van der Waals surface area (Å²) in [4.78, 5) is 36.7. The summed E-state index contributed by atoms with van der Waals surface area (Å²) >= 11 is 0. The summed E-state index contributed by atoms with van der Waals surface area (Å²) in [5.41, 5.74) is 4.51. The van der Waals surface area contributed by atoms with Crippen LogP contribution >= 0.6 is 0 Å². The van der Waals surface area contributed by atoms with Gasteiger partial charge in [0.2, 0.25) is 5.91 Å². The highest BCUT2D eigenvalue weighted by atomic mass is 16.5. The third kappa shape index (κ3) is 5.56. The van der Waals surface area contributed by atoms with Gasteiger partial charge < -0.3 is 25.2 Å². The second-order valence-corrected chi connectivity index (χ2v) is 8.82. The normalized spacial score (nSPS) is 15.1. The molecule has 8 heteroatoms. The number of methoxy groups -OCH3 is 1. The quantitative estimate of drug-likeness (QED) is 0.493. The molecule has 1 aliphatic carbocycles. The highest BCUT2D eigenvalue weighted by Gasteiger charge is 2.32. The van der Waals surface area contributed by atoms with Crippen LogP contribution in [0.1, 0.15) is 37.8 Å². The van der Waals surface area contributed by atoms with Crippen LogP contribution in [0.4, 0.5) is 4.79 Å². The average molecular weight is 469 g/mol. The minimum absolute atomic E-state index is 0.0217. The molecule has 0 bridgehead atoms. The van der Waals surface area contributed by atoms with Crippen LogP contribution in [0.2, 0.25) is 0 Å². The maximum atomic E-state index is 12.8. The van der Waals surface area contributed by atoms with E-state index < -0.39 is 36.0 Å². The van der Waals surface area contributed by atoms with Crippen LogP contribution < -0.4 is 10.6 Å². The Morgan fingerprint density at radius 2 is 1.53 bits per heavy atom. The summed E-state index contributed by atoms with van der Waals surface area (Å²) in [6, 6.07) is 14.9. The summed E-state index contributed by atoms with van der Waals surface area (Å²) in [5, 5.41) is 14.6. The van der Waals surface area contributed by atoms with E-state index in [9.17, 15) is 19.5 Å². The Kier molecular flexibility index (Phi) is 8.28. The van der Waals surface area contributed by atoms with Gasteiger partial charge >= 0.3 is 12.1 Å². The molecule has 0 spiro atoms. The number of carbonyl (C=O) groups excluding carboxylic acids is 2. The SMILES string of the molecule is CO[C@H](C)[C@H](NC(=O)C(CNC(=O)OCC1c2ccccc2-c2ccccc21)C(C)C)C(=O)O. The van der Waals surface area contributed by atoms with Crippen molar-refractivity contribution >= 4 is 18.0 Å². The average Bonchev–Trinajstić information content (AvgIpc) is 3.14. The molecule has 0 saturated heterocycles. The van der Waals surface area contributed by atoms with E-state index in [4.69, 9.17) is 9.47 Å². The standard InChI is InChI=1S/C26H32N2O6/c1-15(2)21(24(29)28-23(25(30)31)16(3)33-4)13-27-26(32)34-14-22-19-11-7-5-9-17(19)18-10-6-8-12-20(18)22/h5-12,15-16,21-23H,13-14H2,1-4H3,(H,27,32)(H,28,29)(H,30,31)/t16-,21?,23+/m1/s1. The maximum absolute atomic E-state index is 12.8. The minimum Gasteiger partial charge on any atom is -0.480 e. The van der Waals surface area contributed by atoms with Crippen LogP contribution in [0, 0.1) is 11.8 Å². The van der Waals surface area contributed by atoms with E-state index in [-0.39, 0.29) is 25.0 Å². The molecule has 1 unspecified atom stereocenters. The lowest BCUT2D eigenvalue weighted by atomic mass is 9.94. The van der Waals surface area contributed by atoms with Crippen LogP contribution in [0.25, 0.3) is 11.1 Å². The molecule has 182 valence electrons. The first-order valence-corrected chi connectivity index (χ1v) is 11.4.